The number of ether oxygens (including phenoxy) is 1. The van der Waals surface area contributed by atoms with Crippen LogP contribution in [0.25, 0.3) is 0 Å². The van der Waals surface area contributed by atoms with E-state index in [4.69, 9.17) is 5.11 Å². The predicted molar refractivity (Wildman–Crippen MR) is 45.5 cm³/mol. The molecule has 0 heterocycles. The van der Waals surface area contributed by atoms with Crippen LogP contribution in [0.1, 0.15) is 5.56 Å². The Morgan fingerprint density at radius 1 is 1.29 bits per heavy atom. The molecule has 0 saturated carbocycles. The zero-order valence-corrected chi connectivity index (χ0v) is 7.14. The van der Waals surface area contributed by atoms with Gasteiger partial charge in [-0.15, -0.1) is 0 Å². The van der Waals surface area contributed by atoms with E-state index < -0.39 is 11.9 Å². The third-order valence-corrected chi connectivity index (χ3v) is 1.53. The van der Waals surface area contributed by atoms with Crippen LogP contribution in [-0.4, -0.2) is 22.2 Å². The summed E-state index contributed by atoms with van der Waals surface area (Å²) in [4.78, 5) is 20.6. The molecule has 0 bridgehead atoms. The van der Waals surface area contributed by atoms with Gasteiger partial charge in [0.25, 0.3) is 0 Å². The summed E-state index contributed by atoms with van der Waals surface area (Å²) in [5, 5.41) is 17.4. The molecule has 74 valence electrons. The van der Waals surface area contributed by atoms with Gasteiger partial charge in [-0.1, -0.05) is 18.2 Å². The Morgan fingerprint density at radius 3 is 2.50 bits per heavy atom. The number of para-hydroxylation sites is 1. The molecule has 14 heavy (non-hydrogen) atoms. The highest BCUT2D eigenvalue weighted by Crippen LogP contribution is 2.16. The maximum absolute atomic E-state index is 10.5. The van der Waals surface area contributed by atoms with Gasteiger partial charge in [0.05, 0.1) is 0 Å². The topological polar surface area (TPSA) is 83.8 Å². The normalized spacial score (nSPS) is 9.43. The first-order valence-electron chi connectivity index (χ1n) is 3.78. The average Bonchev–Trinajstić information content (AvgIpc) is 2.16. The molecule has 0 unspecified atom stereocenters. The van der Waals surface area contributed by atoms with Crippen LogP contribution in [0.4, 0.5) is 0 Å². The quantitative estimate of drug-likeness (QED) is 0.532. The molecule has 0 atom stereocenters. The first-order chi connectivity index (χ1) is 6.61. The Hall–Kier alpha value is -2.04. The number of carboxylic acids is 1. The average molecular weight is 196 g/mol. The van der Waals surface area contributed by atoms with Gasteiger partial charge < -0.3 is 14.9 Å². The van der Waals surface area contributed by atoms with Gasteiger partial charge in [-0.05, 0) is 6.07 Å². The van der Waals surface area contributed by atoms with Gasteiger partial charge in [0.1, 0.15) is 12.4 Å². The van der Waals surface area contributed by atoms with Crippen molar-refractivity contribution in [3.05, 3.63) is 29.8 Å². The Bertz CT molecular complexity index is 358. The molecule has 0 saturated heterocycles. The number of hydrogen-bond acceptors (Lipinski definition) is 4. The van der Waals surface area contributed by atoms with E-state index in [0.717, 1.165) is 0 Å². The van der Waals surface area contributed by atoms with Gasteiger partial charge in [0.2, 0.25) is 0 Å². The zero-order chi connectivity index (χ0) is 10.6. The molecule has 0 aromatic heterocycles. The molecule has 5 nitrogen and oxygen atoms in total. The van der Waals surface area contributed by atoms with Crippen LogP contribution < -0.4 is 0 Å². The van der Waals surface area contributed by atoms with Crippen LogP contribution in [0.2, 0.25) is 0 Å². The van der Waals surface area contributed by atoms with E-state index in [1.807, 2.05) is 0 Å². The number of carbonyl (C=O) groups is 2. The lowest BCUT2D eigenvalue weighted by molar-refractivity contribution is -0.164. The van der Waals surface area contributed by atoms with Crippen molar-refractivity contribution in [2.75, 3.05) is 0 Å². The molecule has 0 radical (unpaired) electrons. The van der Waals surface area contributed by atoms with Crippen LogP contribution in [0.5, 0.6) is 5.75 Å². The Labute approximate surface area is 79.6 Å². The maximum Gasteiger partial charge on any atom is 0.417 e. The molecular weight excluding hydrogens is 188 g/mol. The highest BCUT2D eigenvalue weighted by Gasteiger charge is 2.13. The summed E-state index contributed by atoms with van der Waals surface area (Å²) < 4.78 is 4.37. The third kappa shape index (κ3) is 2.48. The number of benzene rings is 1. The van der Waals surface area contributed by atoms with E-state index in [1.165, 1.54) is 12.1 Å². The molecule has 0 amide bonds. The molecule has 0 spiro atoms. The van der Waals surface area contributed by atoms with Crippen molar-refractivity contribution in [3.63, 3.8) is 0 Å². The maximum atomic E-state index is 10.5. The molecule has 1 aromatic carbocycles. The van der Waals surface area contributed by atoms with E-state index >= 15 is 0 Å². The first kappa shape index (κ1) is 10.0. The van der Waals surface area contributed by atoms with Crippen molar-refractivity contribution in [2.45, 2.75) is 6.61 Å². The number of esters is 1. The summed E-state index contributed by atoms with van der Waals surface area (Å²) in [6.45, 7) is -0.252. The van der Waals surface area contributed by atoms with E-state index in [9.17, 15) is 14.7 Å². The van der Waals surface area contributed by atoms with Gasteiger partial charge in [0.15, 0.2) is 0 Å². The summed E-state index contributed by atoms with van der Waals surface area (Å²) >= 11 is 0. The number of aliphatic carboxylic acids is 1. The minimum absolute atomic E-state index is 0.0364. The molecule has 0 fully saturated rings. The second-order valence-electron chi connectivity index (χ2n) is 2.51. The fraction of sp³-hybridized carbons (Fsp3) is 0.111. The van der Waals surface area contributed by atoms with Crippen LogP contribution in [0, 0.1) is 0 Å². The number of phenols is 1. The van der Waals surface area contributed by atoms with E-state index in [0.29, 0.717) is 5.56 Å². The van der Waals surface area contributed by atoms with Crippen LogP contribution in [0.3, 0.4) is 0 Å². The number of hydrogen-bond donors (Lipinski definition) is 2. The minimum atomic E-state index is -1.65. The SMILES string of the molecule is O=C(O)C(=O)OCc1ccccc1O. The minimum Gasteiger partial charge on any atom is -0.508 e. The first-order valence-corrected chi connectivity index (χ1v) is 3.78. The summed E-state index contributed by atoms with van der Waals surface area (Å²) in [5.41, 5.74) is 0.363. The van der Waals surface area contributed by atoms with Gasteiger partial charge in [-0.2, -0.15) is 0 Å². The second-order valence-corrected chi connectivity index (χ2v) is 2.51. The fourth-order valence-electron chi connectivity index (χ4n) is 0.838. The number of rotatable bonds is 2. The van der Waals surface area contributed by atoms with E-state index in [-0.39, 0.29) is 12.4 Å². The molecule has 1 rings (SSSR count). The largest absolute Gasteiger partial charge is 0.508 e. The van der Waals surface area contributed by atoms with Crippen molar-refractivity contribution in [2.24, 2.45) is 0 Å². The van der Waals surface area contributed by atoms with Crippen molar-refractivity contribution in [1.82, 2.24) is 0 Å². The fourth-order valence-corrected chi connectivity index (χ4v) is 0.838. The lowest BCUT2D eigenvalue weighted by Crippen LogP contribution is -2.15. The lowest BCUT2D eigenvalue weighted by Gasteiger charge is -2.03. The number of carbonyl (C=O) groups excluding carboxylic acids is 1. The van der Waals surface area contributed by atoms with Crippen molar-refractivity contribution in [1.29, 1.82) is 0 Å². The molecule has 1 aromatic rings. The third-order valence-electron chi connectivity index (χ3n) is 1.53. The molecular formula is C9H8O5. The molecule has 2 N–H and O–H groups in total. The number of phenolic OH excluding ortho intramolecular Hbond substituents is 1. The number of aromatic hydroxyl groups is 1. The standard InChI is InChI=1S/C9H8O5/c10-7-4-2-1-3-6(7)5-14-9(13)8(11)12/h1-4,10H,5H2,(H,11,12). The molecule has 0 aliphatic carbocycles. The number of carboxylic acid groups (broad SMARTS) is 1. The highest BCUT2D eigenvalue weighted by molar-refractivity contribution is 6.28. The molecule has 0 aliphatic rings. The van der Waals surface area contributed by atoms with Gasteiger partial charge >= 0.3 is 11.9 Å². The second kappa shape index (κ2) is 4.27. The van der Waals surface area contributed by atoms with Gasteiger partial charge in [0, 0.05) is 5.56 Å². The summed E-state index contributed by atoms with van der Waals surface area (Å²) in [6, 6.07) is 6.20. The van der Waals surface area contributed by atoms with Crippen LogP contribution in [0.15, 0.2) is 24.3 Å². The summed E-state index contributed by atoms with van der Waals surface area (Å²) in [6.07, 6.45) is 0. The van der Waals surface area contributed by atoms with Gasteiger partial charge in [-0.25, -0.2) is 9.59 Å². The Morgan fingerprint density at radius 2 is 1.93 bits per heavy atom. The van der Waals surface area contributed by atoms with E-state index in [1.54, 1.807) is 12.1 Å². The van der Waals surface area contributed by atoms with Gasteiger partial charge in [-0.3, -0.25) is 0 Å². The summed E-state index contributed by atoms with van der Waals surface area (Å²) in [7, 11) is 0. The summed E-state index contributed by atoms with van der Waals surface area (Å²) in [5.74, 6) is -3.03. The molecule has 0 aliphatic heterocycles. The highest BCUT2D eigenvalue weighted by atomic mass is 16.6. The lowest BCUT2D eigenvalue weighted by atomic mass is 10.2. The van der Waals surface area contributed by atoms with Crippen molar-refractivity contribution >= 4 is 11.9 Å². The monoisotopic (exact) mass is 196 g/mol. The smallest absolute Gasteiger partial charge is 0.417 e. The van der Waals surface area contributed by atoms with Crippen molar-refractivity contribution in [3.8, 4) is 5.75 Å². The van der Waals surface area contributed by atoms with E-state index in [2.05, 4.69) is 4.74 Å². The Balaban J connectivity index is 2.58. The predicted octanol–water partition coefficient (Wildman–Crippen LogP) is 0.520. The van der Waals surface area contributed by atoms with Crippen LogP contribution in [-0.2, 0) is 20.9 Å². The van der Waals surface area contributed by atoms with Crippen LogP contribution >= 0.6 is 0 Å². The molecule has 5 heteroatoms. The zero-order valence-electron chi connectivity index (χ0n) is 7.14. The van der Waals surface area contributed by atoms with Crippen molar-refractivity contribution < 1.29 is 24.5 Å². The Kier molecular flexibility index (Phi) is 3.06.